The standard InChI is InChI=1S/C33H30N4O2/c1-5-31(38)36-27-8-6-7-25(16-27)26-17-28-29(19-35-32(28)34-18-26)22-9-11-23(12-10-22)33(39)37-30-14-13-24(20(2)3)15-21(30)4/h5-20H,1H2,2-4H3,(H,34,35)(H,36,38)(H,37,39). The number of H-pyrrole nitrogens is 1. The molecule has 0 atom stereocenters. The van der Waals surface area contributed by atoms with Crippen LogP contribution in [0.4, 0.5) is 11.4 Å². The number of pyridine rings is 1. The van der Waals surface area contributed by atoms with Crippen LogP contribution in [-0.4, -0.2) is 21.8 Å². The molecule has 0 bridgehead atoms. The maximum Gasteiger partial charge on any atom is 0.255 e. The zero-order valence-corrected chi connectivity index (χ0v) is 22.2. The number of hydrogen-bond donors (Lipinski definition) is 3. The Morgan fingerprint density at radius 2 is 1.72 bits per heavy atom. The number of fused-ring (bicyclic) bond motifs is 1. The lowest BCUT2D eigenvalue weighted by Gasteiger charge is -2.12. The summed E-state index contributed by atoms with van der Waals surface area (Å²) in [7, 11) is 0. The Balaban J connectivity index is 1.38. The van der Waals surface area contributed by atoms with E-state index in [1.807, 2.05) is 67.7 Å². The second-order valence-corrected chi connectivity index (χ2v) is 9.86. The van der Waals surface area contributed by atoms with E-state index in [2.05, 4.69) is 59.2 Å². The predicted molar refractivity (Wildman–Crippen MR) is 159 cm³/mol. The first kappa shape index (κ1) is 25.7. The van der Waals surface area contributed by atoms with Crippen LogP contribution in [0.25, 0.3) is 33.3 Å². The van der Waals surface area contributed by atoms with Crippen molar-refractivity contribution in [3.63, 3.8) is 0 Å². The second kappa shape index (κ2) is 10.8. The molecule has 0 saturated heterocycles. The smallest absolute Gasteiger partial charge is 0.255 e. The average molecular weight is 515 g/mol. The number of hydrogen-bond acceptors (Lipinski definition) is 3. The maximum atomic E-state index is 13.0. The monoisotopic (exact) mass is 514 g/mol. The van der Waals surface area contributed by atoms with E-state index in [1.165, 1.54) is 11.6 Å². The Kier molecular flexibility index (Phi) is 7.10. The minimum atomic E-state index is -0.259. The highest BCUT2D eigenvalue weighted by molar-refractivity contribution is 6.05. The molecule has 0 aliphatic heterocycles. The fourth-order valence-electron chi connectivity index (χ4n) is 4.55. The molecular weight excluding hydrogens is 484 g/mol. The van der Waals surface area contributed by atoms with E-state index in [4.69, 9.17) is 0 Å². The van der Waals surface area contributed by atoms with Crippen molar-refractivity contribution in [2.45, 2.75) is 26.7 Å². The summed E-state index contributed by atoms with van der Waals surface area (Å²) in [6.07, 6.45) is 4.98. The SMILES string of the molecule is C=CC(=O)Nc1cccc(-c2cnc3[nH]cc(-c4ccc(C(=O)Nc5ccc(C(C)C)cc5C)cc4)c3c2)c1. The molecule has 0 radical (unpaired) electrons. The Hall–Kier alpha value is -4.97. The number of aromatic amines is 1. The lowest BCUT2D eigenvalue weighted by molar-refractivity contribution is -0.111. The van der Waals surface area contributed by atoms with Crippen LogP contribution < -0.4 is 10.6 Å². The van der Waals surface area contributed by atoms with Crippen LogP contribution in [0.15, 0.2) is 97.8 Å². The normalized spacial score (nSPS) is 11.0. The number of carbonyl (C=O) groups is 2. The van der Waals surface area contributed by atoms with Gasteiger partial charge >= 0.3 is 0 Å². The molecule has 3 aromatic carbocycles. The molecule has 2 amide bonds. The molecule has 0 aliphatic carbocycles. The van der Waals surface area contributed by atoms with Crippen LogP contribution in [0.1, 0.15) is 41.3 Å². The van der Waals surface area contributed by atoms with Gasteiger partial charge in [-0.1, -0.05) is 56.8 Å². The van der Waals surface area contributed by atoms with Gasteiger partial charge in [0.15, 0.2) is 0 Å². The van der Waals surface area contributed by atoms with E-state index in [9.17, 15) is 9.59 Å². The van der Waals surface area contributed by atoms with Gasteiger partial charge in [-0.25, -0.2) is 4.98 Å². The van der Waals surface area contributed by atoms with Gasteiger partial charge in [-0.15, -0.1) is 0 Å². The third-order valence-electron chi connectivity index (χ3n) is 6.80. The molecule has 0 spiro atoms. The number of carbonyl (C=O) groups excluding carboxylic acids is 2. The lowest BCUT2D eigenvalue weighted by Crippen LogP contribution is -2.12. The van der Waals surface area contributed by atoms with E-state index in [0.29, 0.717) is 17.2 Å². The fourth-order valence-corrected chi connectivity index (χ4v) is 4.55. The molecule has 6 heteroatoms. The summed E-state index contributed by atoms with van der Waals surface area (Å²) < 4.78 is 0. The number of rotatable bonds is 7. The van der Waals surface area contributed by atoms with Crippen molar-refractivity contribution in [2.75, 3.05) is 10.6 Å². The zero-order valence-electron chi connectivity index (χ0n) is 22.2. The Bertz CT molecular complexity index is 1700. The number of aryl methyl sites for hydroxylation is 1. The van der Waals surface area contributed by atoms with Gasteiger partial charge in [-0.2, -0.15) is 0 Å². The van der Waals surface area contributed by atoms with Crippen molar-refractivity contribution >= 4 is 34.2 Å². The summed E-state index contributed by atoms with van der Waals surface area (Å²) >= 11 is 0. The van der Waals surface area contributed by atoms with Crippen LogP contribution >= 0.6 is 0 Å². The van der Waals surface area contributed by atoms with Crippen molar-refractivity contribution in [2.24, 2.45) is 0 Å². The number of aromatic nitrogens is 2. The van der Waals surface area contributed by atoms with Crippen molar-refractivity contribution < 1.29 is 9.59 Å². The highest BCUT2D eigenvalue weighted by Crippen LogP contribution is 2.32. The molecular formula is C33H30N4O2. The van der Waals surface area contributed by atoms with Crippen molar-refractivity contribution in [1.29, 1.82) is 0 Å². The Morgan fingerprint density at radius 1 is 0.923 bits per heavy atom. The quantitative estimate of drug-likeness (QED) is 0.194. The van der Waals surface area contributed by atoms with Gasteiger partial charge in [0, 0.05) is 45.8 Å². The molecule has 6 nitrogen and oxygen atoms in total. The lowest BCUT2D eigenvalue weighted by atomic mass is 10.00. The van der Waals surface area contributed by atoms with Crippen molar-refractivity contribution in [3.8, 4) is 22.3 Å². The zero-order chi connectivity index (χ0) is 27.5. The topological polar surface area (TPSA) is 86.9 Å². The van der Waals surface area contributed by atoms with Crippen LogP contribution in [0, 0.1) is 6.92 Å². The van der Waals surface area contributed by atoms with E-state index < -0.39 is 0 Å². The molecule has 5 aromatic rings. The third kappa shape index (κ3) is 5.50. The first-order valence-corrected chi connectivity index (χ1v) is 12.9. The van der Waals surface area contributed by atoms with Gasteiger partial charge in [0.25, 0.3) is 5.91 Å². The number of anilines is 2. The molecule has 0 aliphatic rings. The van der Waals surface area contributed by atoms with E-state index >= 15 is 0 Å². The summed E-state index contributed by atoms with van der Waals surface area (Å²) in [5, 5.41) is 6.79. The summed E-state index contributed by atoms with van der Waals surface area (Å²) in [4.78, 5) is 32.5. The number of nitrogens with one attached hydrogen (secondary N) is 3. The van der Waals surface area contributed by atoms with Crippen LogP contribution in [0.2, 0.25) is 0 Å². The molecule has 39 heavy (non-hydrogen) atoms. The molecule has 2 aromatic heterocycles. The predicted octanol–water partition coefficient (Wildman–Crippen LogP) is 7.71. The van der Waals surface area contributed by atoms with Crippen LogP contribution in [0.3, 0.4) is 0 Å². The minimum Gasteiger partial charge on any atom is -0.346 e. The second-order valence-electron chi connectivity index (χ2n) is 9.86. The number of nitrogens with zero attached hydrogens (tertiary/aromatic N) is 1. The molecule has 2 heterocycles. The van der Waals surface area contributed by atoms with E-state index in [-0.39, 0.29) is 11.8 Å². The van der Waals surface area contributed by atoms with E-state index in [1.54, 1.807) is 6.20 Å². The number of amides is 2. The average Bonchev–Trinajstić information content (AvgIpc) is 3.37. The van der Waals surface area contributed by atoms with Crippen molar-refractivity contribution in [1.82, 2.24) is 9.97 Å². The fraction of sp³-hybridized carbons (Fsp3) is 0.121. The summed E-state index contributed by atoms with van der Waals surface area (Å²) in [6.45, 7) is 9.82. The largest absolute Gasteiger partial charge is 0.346 e. The first-order chi connectivity index (χ1) is 18.8. The summed E-state index contributed by atoms with van der Waals surface area (Å²) in [6, 6.07) is 23.4. The summed E-state index contributed by atoms with van der Waals surface area (Å²) in [5.74, 6) is 0.0326. The van der Waals surface area contributed by atoms with E-state index in [0.717, 1.165) is 44.5 Å². The van der Waals surface area contributed by atoms with Crippen LogP contribution in [-0.2, 0) is 4.79 Å². The highest BCUT2D eigenvalue weighted by Gasteiger charge is 2.13. The first-order valence-electron chi connectivity index (χ1n) is 12.9. The summed E-state index contributed by atoms with van der Waals surface area (Å²) in [5.41, 5.74) is 8.97. The van der Waals surface area contributed by atoms with Gasteiger partial charge in [0.2, 0.25) is 5.91 Å². The maximum absolute atomic E-state index is 13.0. The van der Waals surface area contributed by atoms with Gasteiger partial charge in [-0.3, -0.25) is 9.59 Å². The Labute approximate surface area is 227 Å². The molecule has 0 saturated carbocycles. The third-order valence-corrected chi connectivity index (χ3v) is 6.80. The minimum absolute atomic E-state index is 0.145. The molecule has 0 fully saturated rings. The molecule has 194 valence electrons. The Morgan fingerprint density at radius 3 is 2.44 bits per heavy atom. The van der Waals surface area contributed by atoms with Crippen molar-refractivity contribution in [3.05, 3.63) is 115 Å². The highest BCUT2D eigenvalue weighted by atomic mass is 16.2. The van der Waals surface area contributed by atoms with Gasteiger partial charge in [0.05, 0.1) is 0 Å². The molecule has 0 unspecified atom stereocenters. The number of benzene rings is 3. The molecule has 5 rings (SSSR count). The van der Waals surface area contributed by atoms with Gasteiger partial charge < -0.3 is 15.6 Å². The van der Waals surface area contributed by atoms with Crippen LogP contribution in [0.5, 0.6) is 0 Å². The molecule has 3 N–H and O–H groups in total. The van der Waals surface area contributed by atoms with Gasteiger partial charge in [0.1, 0.15) is 5.65 Å². The van der Waals surface area contributed by atoms with Gasteiger partial charge in [-0.05, 0) is 77.6 Å².